The maximum atomic E-state index is 14.1. The number of alkyl halides is 3. The largest absolute Gasteiger partial charge is 0.469 e. The summed E-state index contributed by atoms with van der Waals surface area (Å²) in [6.07, 6.45) is -4.70. The highest BCUT2D eigenvalue weighted by atomic mass is 32.2. The molecule has 0 N–H and O–H groups in total. The Kier molecular flexibility index (Phi) is 8.02. The monoisotopic (exact) mass is 575 g/mol. The molecule has 2 aromatic rings. The first-order chi connectivity index (χ1) is 18.9. The fraction of sp³-hybridized carbons (Fsp3) is 0.333. The second kappa shape index (κ2) is 11.1. The molecule has 2 aliphatic rings. The van der Waals surface area contributed by atoms with Gasteiger partial charge in [-0.15, -0.1) is 0 Å². The van der Waals surface area contributed by atoms with Gasteiger partial charge < -0.3 is 4.74 Å². The van der Waals surface area contributed by atoms with Gasteiger partial charge in [-0.3, -0.25) is 14.5 Å². The number of halogens is 3. The molecule has 1 atom stereocenters. The number of amides is 2. The number of methoxy groups -OCH3 is 1. The topological polar surface area (TPSA) is 125 Å². The number of hydrogen-bond donors (Lipinski definition) is 0. The minimum atomic E-state index is -4.74. The minimum absolute atomic E-state index is 0.0236. The zero-order valence-corrected chi connectivity index (χ0v) is 22.1. The number of carbonyl (C=O) groups is 3. The van der Waals surface area contributed by atoms with Crippen LogP contribution in [0.25, 0.3) is 0 Å². The number of nitrogens with zero attached hydrogens (tertiary/aromatic N) is 3. The van der Waals surface area contributed by atoms with Crippen molar-refractivity contribution in [2.45, 2.75) is 44.3 Å². The Hall–Kier alpha value is -4.18. The lowest BCUT2D eigenvalue weighted by Gasteiger charge is -2.44. The van der Waals surface area contributed by atoms with Crippen molar-refractivity contribution in [1.82, 2.24) is 4.31 Å². The number of esters is 1. The maximum absolute atomic E-state index is 14.1. The number of rotatable bonds is 7. The molecule has 4 rings (SSSR count). The molecule has 0 fully saturated rings. The SMILES string of the molecule is COC(=O)CCCS(=O)(=O)N1C(=O)N(c2cccc(C(F)(F)F)c2)C2=C(C(=O)CCC2)C1c1ccc(C#N)cc1. The van der Waals surface area contributed by atoms with Gasteiger partial charge in [-0.25, -0.2) is 17.5 Å². The molecule has 1 aliphatic heterocycles. The molecule has 2 aromatic carbocycles. The molecule has 0 bridgehead atoms. The third kappa shape index (κ3) is 5.58. The lowest BCUT2D eigenvalue weighted by Crippen LogP contribution is -2.54. The van der Waals surface area contributed by atoms with Crippen molar-refractivity contribution in [1.29, 1.82) is 5.26 Å². The van der Waals surface area contributed by atoms with E-state index in [1.54, 1.807) is 0 Å². The van der Waals surface area contributed by atoms with E-state index in [0.29, 0.717) is 10.7 Å². The van der Waals surface area contributed by atoms with E-state index in [0.717, 1.165) is 30.2 Å². The average Bonchev–Trinajstić information content (AvgIpc) is 2.92. The molecular formula is C27H24F3N3O6S. The molecule has 0 saturated heterocycles. The van der Waals surface area contributed by atoms with Crippen LogP contribution in [0.5, 0.6) is 0 Å². The van der Waals surface area contributed by atoms with E-state index >= 15 is 0 Å². The molecule has 2 amide bonds. The lowest BCUT2D eigenvalue weighted by molar-refractivity contribution is -0.140. The highest BCUT2D eigenvalue weighted by molar-refractivity contribution is 7.89. The first-order valence-electron chi connectivity index (χ1n) is 12.3. The van der Waals surface area contributed by atoms with E-state index in [-0.39, 0.29) is 53.8 Å². The number of hydrogen-bond acceptors (Lipinski definition) is 7. The zero-order valence-electron chi connectivity index (χ0n) is 21.3. The van der Waals surface area contributed by atoms with Gasteiger partial charge in [-0.2, -0.15) is 18.4 Å². The predicted octanol–water partition coefficient (Wildman–Crippen LogP) is 4.85. The summed E-state index contributed by atoms with van der Waals surface area (Å²) >= 11 is 0. The van der Waals surface area contributed by atoms with Gasteiger partial charge in [0.1, 0.15) is 6.04 Å². The Balaban J connectivity index is 1.93. The van der Waals surface area contributed by atoms with Gasteiger partial charge in [0, 0.05) is 24.1 Å². The Labute approximate surface area is 228 Å². The van der Waals surface area contributed by atoms with Crippen LogP contribution in [0.4, 0.5) is 23.7 Å². The summed E-state index contributed by atoms with van der Waals surface area (Å²) in [6.45, 7) is 0. The van der Waals surface area contributed by atoms with Crippen molar-refractivity contribution in [3.05, 3.63) is 76.5 Å². The molecule has 1 aliphatic carbocycles. The maximum Gasteiger partial charge on any atom is 0.416 e. The number of sulfonamides is 1. The lowest BCUT2D eigenvalue weighted by atomic mass is 9.84. The van der Waals surface area contributed by atoms with Crippen LogP contribution >= 0.6 is 0 Å². The van der Waals surface area contributed by atoms with Gasteiger partial charge >= 0.3 is 18.2 Å². The second-order valence-corrected chi connectivity index (χ2v) is 11.2. The molecule has 1 unspecified atom stereocenters. The highest BCUT2D eigenvalue weighted by Crippen LogP contribution is 2.46. The van der Waals surface area contributed by atoms with Gasteiger partial charge in [-0.1, -0.05) is 18.2 Å². The van der Waals surface area contributed by atoms with Crippen LogP contribution in [-0.2, 0) is 30.5 Å². The minimum Gasteiger partial charge on any atom is -0.469 e. The average molecular weight is 576 g/mol. The first kappa shape index (κ1) is 28.8. The van der Waals surface area contributed by atoms with Crippen molar-refractivity contribution < 1.29 is 40.7 Å². The van der Waals surface area contributed by atoms with E-state index < -0.39 is 51.3 Å². The van der Waals surface area contributed by atoms with Gasteiger partial charge in [0.05, 0.1) is 35.7 Å². The zero-order chi connectivity index (χ0) is 29.2. The predicted molar refractivity (Wildman–Crippen MR) is 136 cm³/mol. The van der Waals surface area contributed by atoms with Crippen molar-refractivity contribution in [2.75, 3.05) is 17.8 Å². The number of nitriles is 1. The number of urea groups is 1. The molecule has 0 radical (unpaired) electrons. The Morgan fingerprint density at radius 3 is 2.45 bits per heavy atom. The fourth-order valence-electron chi connectivity index (χ4n) is 4.84. The normalized spacial score (nSPS) is 17.9. The number of anilines is 1. The van der Waals surface area contributed by atoms with Crippen molar-refractivity contribution in [2.24, 2.45) is 0 Å². The van der Waals surface area contributed by atoms with Crippen LogP contribution in [-0.4, -0.2) is 43.4 Å². The Bertz CT molecular complexity index is 1530. The molecule has 9 nitrogen and oxygen atoms in total. The van der Waals surface area contributed by atoms with Crippen LogP contribution < -0.4 is 4.90 Å². The molecule has 0 saturated carbocycles. The summed E-state index contributed by atoms with van der Waals surface area (Å²) < 4.78 is 73.1. The Morgan fingerprint density at radius 1 is 1.12 bits per heavy atom. The van der Waals surface area contributed by atoms with Crippen molar-refractivity contribution in [3.8, 4) is 6.07 Å². The van der Waals surface area contributed by atoms with E-state index in [2.05, 4.69) is 4.74 Å². The molecule has 40 heavy (non-hydrogen) atoms. The number of carbonyl (C=O) groups excluding carboxylic acids is 3. The van der Waals surface area contributed by atoms with Gasteiger partial charge in [0.15, 0.2) is 5.78 Å². The van der Waals surface area contributed by atoms with Crippen LogP contribution in [0.15, 0.2) is 59.8 Å². The second-order valence-electron chi connectivity index (χ2n) is 9.23. The summed E-state index contributed by atoms with van der Waals surface area (Å²) in [4.78, 5) is 39.9. The quantitative estimate of drug-likeness (QED) is 0.432. The number of allylic oxidation sites excluding steroid dienone is 1. The van der Waals surface area contributed by atoms with Gasteiger partial charge in [0.2, 0.25) is 10.0 Å². The number of benzene rings is 2. The van der Waals surface area contributed by atoms with Crippen molar-refractivity contribution >= 4 is 33.5 Å². The van der Waals surface area contributed by atoms with E-state index in [4.69, 9.17) is 0 Å². The highest BCUT2D eigenvalue weighted by Gasteiger charge is 2.49. The summed E-state index contributed by atoms with van der Waals surface area (Å²) in [7, 11) is -3.40. The third-order valence-electron chi connectivity index (χ3n) is 6.68. The van der Waals surface area contributed by atoms with E-state index in [9.17, 15) is 41.2 Å². The first-order valence-corrected chi connectivity index (χ1v) is 13.9. The third-order valence-corrected chi connectivity index (χ3v) is 8.46. The summed E-state index contributed by atoms with van der Waals surface area (Å²) in [5.74, 6) is -1.79. The molecule has 210 valence electrons. The number of ether oxygens (including phenoxy) is 1. The summed E-state index contributed by atoms with van der Waals surface area (Å²) in [6, 6.07) is 8.94. The molecule has 1 heterocycles. The van der Waals surface area contributed by atoms with Crippen LogP contribution in [0.3, 0.4) is 0 Å². The molecule has 13 heteroatoms. The molecular weight excluding hydrogens is 551 g/mol. The van der Waals surface area contributed by atoms with E-state index in [1.807, 2.05) is 6.07 Å². The standard InChI is InChI=1S/C27H24F3N3O6S/c1-39-23(35)9-4-14-40(37,38)33-25(18-12-10-17(16-31)11-13-18)24-21(7-3-8-22(24)34)32(26(33)36)20-6-2-5-19(15-20)27(28,29)30/h2,5-6,10-13,15,25H,3-4,7-9,14H2,1H3. The molecule has 0 aromatic heterocycles. The summed E-state index contributed by atoms with van der Waals surface area (Å²) in [5, 5.41) is 9.20. The van der Waals surface area contributed by atoms with Gasteiger partial charge in [-0.05, 0) is 55.2 Å². The molecule has 0 spiro atoms. The van der Waals surface area contributed by atoms with Crippen LogP contribution in [0, 0.1) is 11.3 Å². The van der Waals surface area contributed by atoms with Crippen LogP contribution in [0.2, 0.25) is 0 Å². The van der Waals surface area contributed by atoms with Crippen LogP contribution in [0.1, 0.15) is 54.8 Å². The smallest absolute Gasteiger partial charge is 0.416 e. The van der Waals surface area contributed by atoms with Crippen molar-refractivity contribution in [3.63, 3.8) is 0 Å². The van der Waals surface area contributed by atoms with E-state index in [1.165, 1.54) is 30.3 Å². The number of ketones is 1. The number of Topliss-reactive ketones (excluding diaryl/α,β-unsaturated/α-hetero) is 1. The van der Waals surface area contributed by atoms with Gasteiger partial charge in [0.25, 0.3) is 0 Å². The summed E-state index contributed by atoms with van der Waals surface area (Å²) in [5.41, 5.74) is -0.706. The fourth-order valence-corrected chi connectivity index (χ4v) is 6.41. The Morgan fingerprint density at radius 2 is 1.82 bits per heavy atom.